The molecule has 0 spiro atoms. The van der Waals surface area contributed by atoms with Gasteiger partial charge in [0.25, 0.3) is 0 Å². The van der Waals surface area contributed by atoms with Crippen LogP contribution < -0.4 is 14.8 Å². The number of nitrogens with zero attached hydrogens (tertiary/aromatic N) is 2. The van der Waals surface area contributed by atoms with Crippen molar-refractivity contribution < 1.29 is 17.9 Å². The number of aromatic nitrogens is 2. The summed E-state index contributed by atoms with van der Waals surface area (Å²) in [6, 6.07) is -0.492. The summed E-state index contributed by atoms with van der Waals surface area (Å²) in [6.07, 6.45) is 3.54. The maximum atomic E-state index is 11.9. The summed E-state index contributed by atoms with van der Waals surface area (Å²) in [5, 5.41) is 2.55. The lowest BCUT2D eigenvalue weighted by Gasteiger charge is -2.24. The van der Waals surface area contributed by atoms with Gasteiger partial charge in [-0.3, -0.25) is 0 Å². The van der Waals surface area contributed by atoms with Gasteiger partial charge in [0, 0.05) is 6.26 Å². The maximum absolute atomic E-state index is 11.9. The topological polar surface area (TPSA) is 90.4 Å². The quantitative estimate of drug-likeness (QED) is 0.764. The van der Waals surface area contributed by atoms with Gasteiger partial charge in [-0.1, -0.05) is 6.92 Å². The minimum absolute atomic E-state index is 0.262. The van der Waals surface area contributed by atoms with Crippen molar-refractivity contribution in [2.24, 2.45) is 0 Å². The zero-order valence-corrected chi connectivity index (χ0v) is 13.9. The Labute approximate surface area is 126 Å². The number of rotatable bonds is 8. The molecule has 120 valence electrons. The third-order valence-corrected chi connectivity index (χ3v) is 4.82. The van der Waals surface area contributed by atoms with Gasteiger partial charge in [0.15, 0.2) is 9.84 Å². The second-order valence-corrected chi connectivity index (χ2v) is 7.18. The van der Waals surface area contributed by atoms with Crippen LogP contribution in [0.5, 0.6) is 11.8 Å². The van der Waals surface area contributed by atoms with Crippen LogP contribution in [0.15, 0.2) is 6.20 Å². The van der Waals surface area contributed by atoms with E-state index < -0.39 is 21.1 Å². The number of hydrogen-bond donors (Lipinski definition) is 1. The molecule has 0 fully saturated rings. The van der Waals surface area contributed by atoms with E-state index in [-0.39, 0.29) is 5.88 Å². The van der Waals surface area contributed by atoms with Crippen LogP contribution in [0.4, 0.5) is 0 Å². The lowest BCUT2D eigenvalue weighted by Crippen LogP contribution is -2.36. The Kier molecular flexibility index (Phi) is 6.35. The zero-order chi connectivity index (χ0) is 16.0. The smallest absolute Gasteiger partial charge is 0.240 e. The van der Waals surface area contributed by atoms with E-state index in [1.54, 1.807) is 6.92 Å². The second kappa shape index (κ2) is 7.56. The van der Waals surface area contributed by atoms with Gasteiger partial charge in [-0.15, -0.1) is 0 Å². The highest BCUT2D eigenvalue weighted by molar-refractivity contribution is 7.91. The van der Waals surface area contributed by atoms with Gasteiger partial charge in [0.05, 0.1) is 31.7 Å². The lowest BCUT2D eigenvalue weighted by atomic mass is 10.1. The van der Waals surface area contributed by atoms with E-state index in [9.17, 15) is 8.42 Å². The molecule has 2 unspecified atom stereocenters. The Hall–Kier alpha value is -1.41. The summed E-state index contributed by atoms with van der Waals surface area (Å²) in [5.74, 6) is 0.579. The highest BCUT2D eigenvalue weighted by atomic mass is 32.2. The molecule has 8 heteroatoms. The molecule has 0 aliphatic carbocycles. The van der Waals surface area contributed by atoms with Crippen molar-refractivity contribution in [1.29, 1.82) is 0 Å². The largest absolute Gasteiger partial charge is 0.480 e. The van der Waals surface area contributed by atoms with Gasteiger partial charge in [0.1, 0.15) is 5.69 Å². The van der Waals surface area contributed by atoms with Crippen LogP contribution >= 0.6 is 0 Å². The predicted molar refractivity (Wildman–Crippen MR) is 80.5 cm³/mol. The van der Waals surface area contributed by atoms with Gasteiger partial charge in [-0.25, -0.2) is 13.4 Å². The lowest BCUT2D eigenvalue weighted by molar-refractivity contribution is 0.348. The first-order chi connectivity index (χ1) is 9.85. The molecule has 2 atom stereocenters. The summed E-state index contributed by atoms with van der Waals surface area (Å²) in [5.41, 5.74) is 0.463. The van der Waals surface area contributed by atoms with Crippen LogP contribution in [-0.4, -0.2) is 50.7 Å². The first-order valence-electron chi connectivity index (χ1n) is 6.72. The molecular weight excluding hydrogens is 294 g/mol. The van der Waals surface area contributed by atoms with E-state index in [0.29, 0.717) is 18.1 Å². The number of hydrogen-bond acceptors (Lipinski definition) is 7. The third-order valence-electron chi connectivity index (χ3n) is 3.20. The van der Waals surface area contributed by atoms with E-state index in [1.807, 2.05) is 6.92 Å². The minimum atomic E-state index is -3.24. The van der Waals surface area contributed by atoms with E-state index >= 15 is 0 Å². The van der Waals surface area contributed by atoms with Crippen LogP contribution in [0, 0.1) is 0 Å². The van der Waals surface area contributed by atoms with Gasteiger partial charge >= 0.3 is 0 Å². The number of sulfone groups is 1. The average Bonchev–Trinajstić information content (AvgIpc) is 2.46. The fourth-order valence-electron chi connectivity index (χ4n) is 1.86. The normalized spacial score (nSPS) is 14.5. The van der Waals surface area contributed by atoms with Gasteiger partial charge < -0.3 is 14.8 Å². The van der Waals surface area contributed by atoms with Crippen LogP contribution in [0.3, 0.4) is 0 Å². The predicted octanol–water partition coefficient (Wildman–Crippen LogP) is 0.968. The molecule has 0 amide bonds. The van der Waals surface area contributed by atoms with Crippen molar-refractivity contribution in [2.75, 3.05) is 27.0 Å². The van der Waals surface area contributed by atoms with E-state index in [0.717, 1.165) is 6.42 Å². The molecule has 1 aromatic heterocycles. The molecular formula is C13H23N3O4S. The van der Waals surface area contributed by atoms with Crippen molar-refractivity contribution in [3.05, 3.63) is 11.9 Å². The average molecular weight is 317 g/mol. The van der Waals surface area contributed by atoms with Gasteiger partial charge in [-0.2, -0.15) is 4.98 Å². The van der Waals surface area contributed by atoms with E-state index in [1.165, 1.54) is 26.7 Å². The Balaban J connectivity index is 3.25. The minimum Gasteiger partial charge on any atom is -0.480 e. The summed E-state index contributed by atoms with van der Waals surface area (Å²) in [7, 11) is -0.290. The summed E-state index contributed by atoms with van der Waals surface area (Å²) < 4.78 is 34.0. The number of nitrogens with one attached hydrogen (secondary N) is 1. The molecule has 0 radical (unpaired) electrons. The fraction of sp³-hybridized carbons (Fsp3) is 0.692. The fourth-order valence-corrected chi connectivity index (χ4v) is 2.58. The molecule has 1 rings (SSSR count). The molecule has 21 heavy (non-hydrogen) atoms. The van der Waals surface area contributed by atoms with Crippen LogP contribution in [-0.2, 0) is 9.84 Å². The Morgan fingerprint density at radius 2 is 2.00 bits per heavy atom. The molecule has 0 bridgehead atoms. The van der Waals surface area contributed by atoms with Crippen molar-refractivity contribution in [1.82, 2.24) is 15.3 Å². The molecule has 1 N–H and O–H groups in total. The first-order valence-corrected chi connectivity index (χ1v) is 8.67. The maximum Gasteiger partial charge on any atom is 0.240 e. The van der Waals surface area contributed by atoms with Crippen molar-refractivity contribution in [3.63, 3.8) is 0 Å². The molecule has 0 saturated heterocycles. The molecule has 1 heterocycles. The Morgan fingerprint density at radius 3 is 2.48 bits per heavy atom. The highest BCUT2D eigenvalue weighted by Crippen LogP contribution is 2.28. The molecule has 0 saturated carbocycles. The summed E-state index contributed by atoms with van der Waals surface area (Å²) in [4.78, 5) is 8.43. The monoisotopic (exact) mass is 317 g/mol. The molecule has 0 aliphatic heterocycles. The zero-order valence-electron chi connectivity index (χ0n) is 13.1. The number of ether oxygens (including phenoxy) is 2. The van der Waals surface area contributed by atoms with Crippen LogP contribution in [0.2, 0.25) is 0 Å². The van der Waals surface area contributed by atoms with Crippen LogP contribution in [0.25, 0.3) is 0 Å². The van der Waals surface area contributed by atoms with E-state index in [4.69, 9.17) is 9.47 Å². The Bertz CT molecular complexity index is 563. The van der Waals surface area contributed by atoms with Crippen molar-refractivity contribution >= 4 is 9.84 Å². The van der Waals surface area contributed by atoms with Gasteiger partial charge in [-0.05, 0) is 19.9 Å². The Morgan fingerprint density at radius 1 is 1.33 bits per heavy atom. The first kappa shape index (κ1) is 17.6. The van der Waals surface area contributed by atoms with E-state index in [2.05, 4.69) is 15.3 Å². The second-order valence-electron chi connectivity index (χ2n) is 4.77. The molecule has 0 aliphatic rings. The molecule has 0 aromatic carbocycles. The summed E-state index contributed by atoms with van der Waals surface area (Å²) >= 11 is 0. The summed E-state index contributed by atoms with van der Waals surface area (Å²) in [6.45, 7) is 4.32. The van der Waals surface area contributed by atoms with Gasteiger partial charge in [0.2, 0.25) is 11.8 Å². The van der Waals surface area contributed by atoms with Crippen molar-refractivity contribution in [2.45, 2.75) is 31.6 Å². The SMILES string of the molecule is CCCNC(c1ncc(OC)nc1OC)C(C)S(C)(=O)=O. The molecule has 1 aromatic rings. The molecule has 7 nitrogen and oxygen atoms in total. The van der Waals surface area contributed by atoms with Crippen LogP contribution in [0.1, 0.15) is 32.0 Å². The number of methoxy groups -OCH3 is 2. The van der Waals surface area contributed by atoms with Crippen molar-refractivity contribution in [3.8, 4) is 11.8 Å². The highest BCUT2D eigenvalue weighted by Gasteiger charge is 2.31. The standard InChI is InChI=1S/C13H23N3O4S/c1-6-7-14-11(9(2)21(5,17)18)12-13(20-4)16-10(19-3)8-15-12/h8-9,11,14H,6-7H2,1-5H3. The third kappa shape index (κ3) is 4.53.